The summed E-state index contributed by atoms with van der Waals surface area (Å²) in [4.78, 5) is 12.8. The topological polar surface area (TPSA) is 66.5 Å². The molecule has 0 saturated carbocycles. The first-order valence-electron chi connectivity index (χ1n) is 9.39. The molecule has 1 amide bonds. The second-order valence-electron chi connectivity index (χ2n) is 6.94. The number of anilines is 1. The van der Waals surface area contributed by atoms with Crippen LogP contribution < -0.4 is 9.62 Å². The summed E-state index contributed by atoms with van der Waals surface area (Å²) in [7, 11) is -3.29. The monoisotopic (exact) mass is 386 g/mol. The molecule has 1 aliphatic heterocycles. The molecule has 6 heteroatoms. The van der Waals surface area contributed by atoms with E-state index in [1.807, 2.05) is 38.1 Å². The Morgan fingerprint density at radius 1 is 1.15 bits per heavy atom. The fraction of sp³-hybridized carbons (Fsp3) is 0.381. The summed E-state index contributed by atoms with van der Waals surface area (Å²) < 4.78 is 26.1. The lowest BCUT2D eigenvalue weighted by molar-refractivity contribution is 0.0935. The Kier molecular flexibility index (Phi) is 5.85. The van der Waals surface area contributed by atoms with Crippen molar-refractivity contribution in [3.8, 4) is 0 Å². The Morgan fingerprint density at radius 3 is 2.63 bits per heavy atom. The molecular weight excluding hydrogens is 360 g/mol. The van der Waals surface area contributed by atoms with Crippen LogP contribution in [0.4, 0.5) is 5.69 Å². The van der Waals surface area contributed by atoms with Gasteiger partial charge in [-0.25, -0.2) is 8.42 Å². The van der Waals surface area contributed by atoms with Crippen LogP contribution >= 0.6 is 0 Å². The lowest BCUT2D eigenvalue weighted by Crippen LogP contribution is -2.38. The highest BCUT2D eigenvalue weighted by Gasteiger charge is 2.26. The summed E-state index contributed by atoms with van der Waals surface area (Å²) >= 11 is 0. The molecule has 2 aromatic rings. The van der Waals surface area contributed by atoms with Crippen molar-refractivity contribution in [2.75, 3.05) is 16.6 Å². The largest absolute Gasteiger partial charge is 0.345 e. The highest BCUT2D eigenvalue weighted by atomic mass is 32.2. The molecule has 1 fully saturated rings. The van der Waals surface area contributed by atoms with Gasteiger partial charge < -0.3 is 5.32 Å². The molecule has 2 aromatic carbocycles. The number of rotatable bonds is 5. The van der Waals surface area contributed by atoms with E-state index < -0.39 is 10.0 Å². The van der Waals surface area contributed by atoms with Crippen LogP contribution in [0.3, 0.4) is 0 Å². The van der Waals surface area contributed by atoms with Crippen LogP contribution in [0, 0.1) is 6.92 Å². The first-order valence-corrected chi connectivity index (χ1v) is 11.0. The molecule has 1 atom stereocenters. The molecule has 1 saturated heterocycles. The Balaban J connectivity index is 1.82. The molecule has 0 aromatic heterocycles. The molecule has 144 valence electrons. The number of sulfonamides is 1. The van der Waals surface area contributed by atoms with Crippen molar-refractivity contribution in [2.45, 2.75) is 39.2 Å². The van der Waals surface area contributed by atoms with E-state index in [0.29, 0.717) is 24.2 Å². The van der Waals surface area contributed by atoms with E-state index in [2.05, 4.69) is 5.32 Å². The number of benzene rings is 2. The highest BCUT2D eigenvalue weighted by Crippen LogP contribution is 2.25. The molecule has 0 aliphatic carbocycles. The van der Waals surface area contributed by atoms with Gasteiger partial charge in [-0.2, -0.15) is 0 Å². The molecule has 0 bridgehead atoms. The second kappa shape index (κ2) is 8.13. The van der Waals surface area contributed by atoms with E-state index in [1.54, 1.807) is 24.3 Å². The van der Waals surface area contributed by atoms with Crippen molar-refractivity contribution in [3.63, 3.8) is 0 Å². The number of nitrogens with one attached hydrogen (secondary N) is 1. The molecule has 0 spiro atoms. The van der Waals surface area contributed by atoms with Gasteiger partial charge in [0.2, 0.25) is 10.0 Å². The van der Waals surface area contributed by atoms with Crippen LogP contribution in [0.2, 0.25) is 0 Å². The third kappa shape index (κ3) is 4.33. The Morgan fingerprint density at radius 2 is 1.93 bits per heavy atom. The van der Waals surface area contributed by atoms with Gasteiger partial charge in [0.25, 0.3) is 5.91 Å². The average Bonchev–Trinajstić information content (AvgIpc) is 2.66. The number of hydrogen-bond donors (Lipinski definition) is 1. The van der Waals surface area contributed by atoms with Gasteiger partial charge in [0.15, 0.2) is 0 Å². The first-order chi connectivity index (χ1) is 12.9. The molecule has 5 nitrogen and oxygen atoms in total. The minimum Gasteiger partial charge on any atom is -0.345 e. The van der Waals surface area contributed by atoms with Crippen LogP contribution in [0.15, 0.2) is 48.5 Å². The minimum absolute atomic E-state index is 0.0823. The van der Waals surface area contributed by atoms with Crippen molar-refractivity contribution < 1.29 is 13.2 Å². The Bertz CT molecular complexity index is 925. The van der Waals surface area contributed by atoms with Crippen LogP contribution in [0.1, 0.15) is 53.7 Å². The summed E-state index contributed by atoms with van der Waals surface area (Å²) in [6.45, 7) is 4.54. The maximum atomic E-state index is 12.8. The normalized spacial score (nSPS) is 17.3. The Hall–Kier alpha value is -2.34. The highest BCUT2D eigenvalue weighted by molar-refractivity contribution is 7.92. The minimum atomic E-state index is -3.29. The SMILES string of the molecule is CCC(NC(=O)c1cccc(N2CCCCS2(=O)=O)c1)c1ccccc1C. The fourth-order valence-corrected chi connectivity index (χ4v) is 5.13. The van der Waals surface area contributed by atoms with E-state index in [-0.39, 0.29) is 17.7 Å². The number of amides is 1. The number of aryl methyl sites for hydroxylation is 1. The molecular formula is C21H26N2O3S. The van der Waals surface area contributed by atoms with Gasteiger partial charge in [0, 0.05) is 12.1 Å². The maximum Gasteiger partial charge on any atom is 0.251 e. The van der Waals surface area contributed by atoms with Crippen molar-refractivity contribution in [2.24, 2.45) is 0 Å². The van der Waals surface area contributed by atoms with Crippen LogP contribution in [0.5, 0.6) is 0 Å². The summed E-state index contributed by atoms with van der Waals surface area (Å²) in [5, 5.41) is 3.08. The van der Waals surface area contributed by atoms with E-state index in [4.69, 9.17) is 0 Å². The predicted octanol–water partition coefficient (Wildman–Crippen LogP) is 3.81. The zero-order valence-electron chi connectivity index (χ0n) is 15.8. The van der Waals surface area contributed by atoms with Crippen molar-refractivity contribution in [1.82, 2.24) is 5.32 Å². The van der Waals surface area contributed by atoms with Gasteiger partial charge in [0.05, 0.1) is 17.5 Å². The lowest BCUT2D eigenvalue weighted by Gasteiger charge is -2.28. The van der Waals surface area contributed by atoms with Gasteiger partial charge in [0.1, 0.15) is 0 Å². The molecule has 3 rings (SSSR count). The van der Waals surface area contributed by atoms with Gasteiger partial charge in [-0.3, -0.25) is 9.10 Å². The summed E-state index contributed by atoms with van der Waals surface area (Å²) in [5.74, 6) is -0.0319. The molecule has 0 radical (unpaired) electrons. The summed E-state index contributed by atoms with van der Waals surface area (Å²) in [5.41, 5.74) is 3.27. The second-order valence-corrected chi connectivity index (χ2v) is 8.95. The molecule has 1 aliphatic rings. The zero-order chi connectivity index (χ0) is 19.4. The van der Waals surface area contributed by atoms with Gasteiger partial charge in [-0.15, -0.1) is 0 Å². The summed E-state index contributed by atoms with van der Waals surface area (Å²) in [6.07, 6.45) is 2.30. The summed E-state index contributed by atoms with van der Waals surface area (Å²) in [6, 6.07) is 14.8. The molecule has 1 heterocycles. The van der Waals surface area contributed by atoms with E-state index in [0.717, 1.165) is 24.0 Å². The zero-order valence-corrected chi connectivity index (χ0v) is 16.6. The van der Waals surface area contributed by atoms with Gasteiger partial charge in [-0.05, 0) is 55.5 Å². The number of carbonyl (C=O) groups excluding carboxylic acids is 1. The third-order valence-corrected chi connectivity index (χ3v) is 6.89. The predicted molar refractivity (Wildman–Crippen MR) is 108 cm³/mol. The molecule has 1 N–H and O–H groups in total. The molecule has 1 unspecified atom stereocenters. The number of nitrogens with zero attached hydrogens (tertiary/aromatic N) is 1. The van der Waals surface area contributed by atoms with Crippen molar-refractivity contribution in [3.05, 3.63) is 65.2 Å². The van der Waals surface area contributed by atoms with Crippen molar-refractivity contribution >= 4 is 21.6 Å². The van der Waals surface area contributed by atoms with Crippen LogP contribution in [-0.2, 0) is 10.0 Å². The standard InChI is InChI=1S/C21H26N2O3S/c1-3-20(19-12-5-4-9-16(19)2)22-21(24)17-10-8-11-18(15-17)23-13-6-7-14-27(23,25)26/h4-5,8-12,15,20H,3,6-7,13-14H2,1-2H3,(H,22,24). The van der Waals surface area contributed by atoms with Gasteiger partial charge in [-0.1, -0.05) is 37.3 Å². The fourth-order valence-electron chi connectivity index (χ4n) is 3.50. The van der Waals surface area contributed by atoms with Gasteiger partial charge >= 0.3 is 0 Å². The molecule has 27 heavy (non-hydrogen) atoms. The van der Waals surface area contributed by atoms with E-state index in [9.17, 15) is 13.2 Å². The Labute approximate surface area is 161 Å². The van der Waals surface area contributed by atoms with Crippen molar-refractivity contribution in [1.29, 1.82) is 0 Å². The first kappa shape index (κ1) is 19.4. The average molecular weight is 387 g/mol. The van der Waals surface area contributed by atoms with E-state index >= 15 is 0 Å². The van der Waals surface area contributed by atoms with Crippen LogP contribution in [-0.4, -0.2) is 26.6 Å². The lowest BCUT2D eigenvalue weighted by atomic mass is 9.99. The number of hydrogen-bond acceptors (Lipinski definition) is 3. The maximum absolute atomic E-state index is 12.8. The smallest absolute Gasteiger partial charge is 0.251 e. The quantitative estimate of drug-likeness (QED) is 0.850. The third-order valence-electron chi connectivity index (χ3n) is 5.02. The van der Waals surface area contributed by atoms with Crippen LogP contribution in [0.25, 0.3) is 0 Å². The van der Waals surface area contributed by atoms with E-state index in [1.165, 1.54) is 4.31 Å². The number of carbonyl (C=O) groups is 1.